The molecule has 0 heterocycles. The van der Waals surface area contributed by atoms with Crippen LogP contribution in [0.3, 0.4) is 0 Å². The van der Waals surface area contributed by atoms with Gasteiger partial charge in [-0.1, -0.05) is 35.9 Å². The number of nitrogens with zero attached hydrogens (tertiary/aromatic N) is 1. The van der Waals surface area contributed by atoms with Crippen LogP contribution in [0.5, 0.6) is 0 Å². The van der Waals surface area contributed by atoms with Crippen molar-refractivity contribution in [2.45, 2.75) is 6.54 Å². The minimum Gasteiger partial charge on any atom is -0.661 e. The van der Waals surface area contributed by atoms with Crippen molar-refractivity contribution in [1.29, 1.82) is 0 Å². The van der Waals surface area contributed by atoms with E-state index in [2.05, 4.69) is 17.4 Å². The smallest absolute Gasteiger partial charge is 0.0785 e. The van der Waals surface area contributed by atoms with Crippen LogP contribution < -0.4 is 0 Å². The summed E-state index contributed by atoms with van der Waals surface area (Å²) in [4.78, 5) is 0. The van der Waals surface area contributed by atoms with Crippen LogP contribution in [0.15, 0.2) is 30.3 Å². The molecule has 65 valence electrons. The molecule has 3 heteroatoms. The number of hydrogen-bond donors (Lipinski definition) is 0. The van der Waals surface area contributed by atoms with Crippen LogP contribution in [0, 0.1) is 0 Å². The number of hydrogen-bond acceptors (Lipinski definition) is 0. The van der Waals surface area contributed by atoms with Crippen LogP contribution in [-0.2, 0) is 39.3 Å². The van der Waals surface area contributed by atoms with E-state index in [4.69, 9.17) is 0 Å². The molecular formula is C9H13FNY-. The van der Waals surface area contributed by atoms with Crippen molar-refractivity contribution in [3.05, 3.63) is 41.2 Å². The van der Waals surface area contributed by atoms with Crippen LogP contribution in [0.4, 0.5) is 4.39 Å². The molecule has 1 nitrogen and oxygen atoms in total. The third kappa shape index (κ3) is 6.90. The molecule has 0 aliphatic rings. The molecule has 0 unspecified atom stereocenters. The van der Waals surface area contributed by atoms with Crippen molar-refractivity contribution in [2.24, 2.45) is 0 Å². The van der Waals surface area contributed by atoms with E-state index < -0.39 is 0 Å². The molecule has 0 aromatic heterocycles. The Morgan fingerprint density at radius 1 is 1.17 bits per heavy atom. The third-order valence-electron chi connectivity index (χ3n) is 1.18. The maximum atomic E-state index is 9.50. The molecule has 0 aliphatic heterocycles. The van der Waals surface area contributed by atoms with Crippen LogP contribution in [0.1, 0.15) is 5.56 Å². The van der Waals surface area contributed by atoms with Crippen LogP contribution in [-0.4, -0.2) is 14.2 Å². The Kier molecular flexibility index (Phi) is 13.8. The summed E-state index contributed by atoms with van der Waals surface area (Å²) in [6, 6.07) is 10.2. The fourth-order valence-corrected chi connectivity index (χ4v) is 0.766. The van der Waals surface area contributed by atoms with Crippen LogP contribution >= 0.6 is 0 Å². The summed E-state index contributed by atoms with van der Waals surface area (Å²) in [5, 5.41) is 4.01. The van der Waals surface area contributed by atoms with E-state index in [0.29, 0.717) is 7.18 Å². The van der Waals surface area contributed by atoms with E-state index in [9.17, 15) is 4.39 Å². The average molecular weight is 243 g/mol. The summed E-state index contributed by atoms with van der Waals surface area (Å²) < 4.78 is 9.50. The fraction of sp³-hybridized carbons (Fsp3) is 0.333. The molecule has 0 fully saturated rings. The van der Waals surface area contributed by atoms with Crippen LogP contribution in [0.25, 0.3) is 5.32 Å². The first-order chi connectivity index (χ1) is 5.43. The largest absolute Gasteiger partial charge is 0.661 e. The van der Waals surface area contributed by atoms with Crippen molar-refractivity contribution in [1.82, 2.24) is 0 Å². The summed E-state index contributed by atoms with van der Waals surface area (Å²) in [5.74, 6) is 0. The molecule has 0 spiro atoms. The maximum absolute atomic E-state index is 9.50. The molecule has 0 amide bonds. The number of rotatable bonds is 2. The minimum absolute atomic E-state index is 0. The van der Waals surface area contributed by atoms with Crippen molar-refractivity contribution >= 4 is 0 Å². The van der Waals surface area contributed by atoms with Crippen molar-refractivity contribution < 1.29 is 37.1 Å². The zero-order valence-electron chi connectivity index (χ0n) is 7.50. The topological polar surface area (TPSA) is 14.1 Å². The summed E-state index contributed by atoms with van der Waals surface area (Å²) in [6.07, 6.45) is 0. The Bertz CT molecular complexity index is 167. The van der Waals surface area contributed by atoms with E-state index in [-0.39, 0.29) is 32.7 Å². The average Bonchev–Trinajstić information content (AvgIpc) is 2.11. The molecule has 0 saturated heterocycles. The van der Waals surface area contributed by atoms with Gasteiger partial charge in [-0.15, -0.1) is 6.54 Å². The maximum Gasteiger partial charge on any atom is 0.0785 e. The van der Waals surface area contributed by atoms with Gasteiger partial charge < -0.3 is 5.32 Å². The van der Waals surface area contributed by atoms with E-state index in [1.54, 1.807) is 0 Å². The van der Waals surface area contributed by atoms with E-state index in [1.165, 1.54) is 5.56 Å². The molecule has 12 heavy (non-hydrogen) atoms. The van der Waals surface area contributed by atoms with Gasteiger partial charge in [-0.3, -0.25) is 4.39 Å². The van der Waals surface area contributed by atoms with Gasteiger partial charge >= 0.3 is 0 Å². The standard InChI is InChI=1S/C8H10N.CH3F.Y/c1-9-7-8-5-3-2-4-6-8;1-2;/h2-6H,7H2,1H3;1H3;/q-1;;. The van der Waals surface area contributed by atoms with Gasteiger partial charge in [0.05, 0.1) is 7.18 Å². The van der Waals surface area contributed by atoms with Gasteiger partial charge in [0, 0.05) is 32.7 Å². The molecule has 1 rings (SSSR count). The summed E-state index contributed by atoms with van der Waals surface area (Å²) in [6.45, 7) is 0.834. The third-order valence-corrected chi connectivity index (χ3v) is 1.18. The molecule has 0 saturated carbocycles. The summed E-state index contributed by atoms with van der Waals surface area (Å²) in [7, 11) is 2.33. The summed E-state index contributed by atoms with van der Waals surface area (Å²) in [5.41, 5.74) is 1.28. The van der Waals surface area contributed by atoms with E-state index in [1.807, 2.05) is 25.2 Å². The van der Waals surface area contributed by atoms with Gasteiger partial charge in [0.2, 0.25) is 0 Å². The van der Waals surface area contributed by atoms with Crippen LogP contribution in [0.2, 0.25) is 0 Å². The Balaban J connectivity index is 0. The molecule has 0 bridgehead atoms. The normalized spacial score (nSPS) is 7.58. The van der Waals surface area contributed by atoms with Crippen molar-refractivity contribution in [3.8, 4) is 0 Å². The summed E-state index contributed by atoms with van der Waals surface area (Å²) >= 11 is 0. The second kappa shape index (κ2) is 11.2. The minimum atomic E-state index is 0. The first kappa shape index (κ1) is 14.7. The zero-order valence-corrected chi connectivity index (χ0v) is 10.3. The number of halogens is 1. The van der Waals surface area contributed by atoms with Crippen molar-refractivity contribution in [2.75, 3.05) is 14.2 Å². The quantitative estimate of drug-likeness (QED) is 0.758. The molecule has 0 aliphatic carbocycles. The molecule has 1 radical (unpaired) electrons. The molecule has 1 aromatic carbocycles. The first-order valence-electron chi connectivity index (χ1n) is 3.41. The molecule has 0 N–H and O–H groups in total. The number of alkyl halides is 1. The van der Waals surface area contributed by atoms with Gasteiger partial charge in [-0.2, -0.15) is 7.05 Å². The Morgan fingerprint density at radius 2 is 1.67 bits per heavy atom. The van der Waals surface area contributed by atoms with E-state index in [0.717, 1.165) is 6.54 Å². The van der Waals surface area contributed by atoms with Gasteiger partial charge in [-0.25, -0.2) is 0 Å². The molecule has 1 aromatic rings. The Labute approximate surface area is 98.6 Å². The Hall–Kier alpha value is 0.214. The van der Waals surface area contributed by atoms with Crippen molar-refractivity contribution in [3.63, 3.8) is 0 Å². The molecular weight excluding hydrogens is 230 g/mol. The SMILES string of the molecule is CF.C[N-]Cc1ccccc1.[Y]. The Morgan fingerprint density at radius 3 is 2.08 bits per heavy atom. The van der Waals surface area contributed by atoms with Gasteiger partial charge in [-0.05, 0) is 0 Å². The first-order valence-corrected chi connectivity index (χ1v) is 3.41. The zero-order chi connectivity index (χ0) is 8.53. The second-order valence-corrected chi connectivity index (χ2v) is 1.96. The predicted octanol–water partition coefficient (Wildman–Crippen LogP) is 2.77. The van der Waals surface area contributed by atoms with E-state index >= 15 is 0 Å². The number of benzene rings is 1. The monoisotopic (exact) mass is 243 g/mol. The predicted molar refractivity (Wildman–Crippen MR) is 46.5 cm³/mol. The molecule has 0 atom stereocenters. The fourth-order valence-electron chi connectivity index (χ4n) is 0.766. The second-order valence-electron chi connectivity index (χ2n) is 1.96. The van der Waals surface area contributed by atoms with Gasteiger partial charge in [0.15, 0.2) is 0 Å². The van der Waals surface area contributed by atoms with Gasteiger partial charge in [0.1, 0.15) is 0 Å². The van der Waals surface area contributed by atoms with Gasteiger partial charge in [0.25, 0.3) is 0 Å².